The maximum Gasteiger partial charge on any atom is 0.168 e. The molecule has 2 bridgehead atoms. The number of carbonyl (C=O) groups excluding carboxylic acids is 1. The molecule has 12 heavy (non-hydrogen) atoms. The second kappa shape index (κ2) is 1.99. The minimum atomic E-state index is -0.611. The molecule has 2 aliphatic heterocycles. The standard InChI is InChI=1S/C10H14O2/c1-9(2)6-7(11)10(3)5-4-8(9)12-10/h4-5,8H,6H2,1-3H3. The van der Waals surface area contributed by atoms with E-state index in [4.69, 9.17) is 4.74 Å². The fourth-order valence-electron chi connectivity index (χ4n) is 1.88. The summed E-state index contributed by atoms with van der Waals surface area (Å²) in [5, 5.41) is 0. The van der Waals surface area contributed by atoms with Gasteiger partial charge in [0.05, 0.1) is 6.10 Å². The largest absolute Gasteiger partial charge is 0.356 e. The number of ether oxygens (including phenoxy) is 1. The molecule has 0 spiro atoms. The number of carbonyl (C=O) groups is 1. The summed E-state index contributed by atoms with van der Waals surface area (Å²) in [5.41, 5.74) is -0.635. The summed E-state index contributed by atoms with van der Waals surface area (Å²) < 4.78 is 5.65. The molecule has 0 radical (unpaired) electrons. The van der Waals surface area contributed by atoms with Crippen LogP contribution in [0.15, 0.2) is 12.2 Å². The maximum absolute atomic E-state index is 11.6. The van der Waals surface area contributed by atoms with Crippen molar-refractivity contribution in [1.29, 1.82) is 0 Å². The Morgan fingerprint density at radius 2 is 2.17 bits per heavy atom. The molecule has 2 nitrogen and oxygen atoms in total. The zero-order valence-corrected chi connectivity index (χ0v) is 7.76. The minimum absolute atomic E-state index is 0.0242. The molecule has 2 rings (SSSR count). The highest BCUT2D eigenvalue weighted by molar-refractivity contribution is 5.91. The predicted octanol–water partition coefficient (Wildman–Crippen LogP) is 1.70. The molecular formula is C10H14O2. The highest BCUT2D eigenvalue weighted by Gasteiger charge is 2.50. The number of Topliss-reactive ketones (excluding diaryl/α,β-unsaturated/α-hetero) is 1. The first-order chi connectivity index (χ1) is 5.44. The first kappa shape index (κ1) is 7.99. The maximum atomic E-state index is 11.6. The van der Waals surface area contributed by atoms with Crippen LogP contribution in [0.25, 0.3) is 0 Å². The Kier molecular flexibility index (Phi) is 1.33. The third-order valence-corrected chi connectivity index (χ3v) is 2.90. The van der Waals surface area contributed by atoms with Gasteiger partial charge in [-0.05, 0) is 13.0 Å². The summed E-state index contributed by atoms with van der Waals surface area (Å²) in [4.78, 5) is 11.6. The van der Waals surface area contributed by atoms with Crippen LogP contribution in [-0.4, -0.2) is 17.5 Å². The van der Waals surface area contributed by atoms with E-state index in [1.165, 1.54) is 0 Å². The van der Waals surface area contributed by atoms with Gasteiger partial charge in [0, 0.05) is 11.8 Å². The Morgan fingerprint density at radius 1 is 1.50 bits per heavy atom. The smallest absolute Gasteiger partial charge is 0.168 e. The van der Waals surface area contributed by atoms with Crippen molar-refractivity contribution < 1.29 is 9.53 Å². The summed E-state index contributed by atoms with van der Waals surface area (Å²) >= 11 is 0. The van der Waals surface area contributed by atoms with E-state index in [1.54, 1.807) is 0 Å². The molecule has 1 fully saturated rings. The highest BCUT2D eigenvalue weighted by atomic mass is 16.5. The van der Waals surface area contributed by atoms with Gasteiger partial charge < -0.3 is 4.74 Å². The van der Waals surface area contributed by atoms with Gasteiger partial charge in [0.1, 0.15) is 5.60 Å². The lowest BCUT2D eigenvalue weighted by Gasteiger charge is -2.39. The van der Waals surface area contributed by atoms with Crippen LogP contribution in [0.1, 0.15) is 27.2 Å². The quantitative estimate of drug-likeness (QED) is 0.512. The van der Waals surface area contributed by atoms with E-state index in [1.807, 2.05) is 19.1 Å². The van der Waals surface area contributed by atoms with Gasteiger partial charge in [0.25, 0.3) is 0 Å². The van der Waals surface area contributed by atoms with Gasteiger partial charge in [-0.3, -0.25) is 4.79 Å². The van der Waals surface area contributed by atoms with Crippen LogP contribution in [0.4, 0.5) is 0 Å². The lowest BCUT2D eigenvalue weighted by atomic mass is 9.78. The third kappa shape index (κ3) is 0.876. The monoisotopic (exact) mass is 166 g/mol. The van der Waals surface area contributed by atoms with Gasteiger partial charge in [-0.25, -0.2) is 0 Å². The number of rotatable bonds is 0. The van der Waals surface area contributed by atoms with Crippen LogP contribution in [0.3, 0.4) is 0 Å². The third-order valence-electron chi connectivity index (χ3n) is 2.90. The molecule has 2 aliphatic rings. The molecule has 0 saturated carbocycles. The molecule has 2 heterocycles. The van der Waals surface area contributed by atoms with E-state index in [9.17, 15) is 4.79 Å². The van der Waals surface area contributed by atoms with Crippen molar-refractivity contribution in [2.45, 2.75) is 38.9 Å². The minimum Gasteiger partial charge on any atom is -0.356 e. The van der Waals surface area contributed by atoms with Gasteiger partial charge in [-0.1, -0.05) is 19.9 Å². The predicted molar refractivity (Wildman–Crippen MR) is 45.8 cm³/mol. The molecular weight excluding hydrogens is 152 g/mol. The van der Waals surface area contributed by atoms with E-state index < -0.39 is 5.60 Å². The zero-order chi connectivity index (χ0) is 8.98. The molecule has 0 aromatic heterocycles. The molecule has 2 heteroatoms. The van der Waals surface area contributed by atoms with Gasteiger partial charge in [-0.15, -0.1) is 0 Å². The van der Waals surface area contributed by atoms with E-state index in [2.05, 4.69) is 13.8 Å². The van der Waals surface area contributed by atoms with Gasteiger partial charge in [0.15, 0.2) is 5.78 Å². The average molecular weight is 166 g/mol. The Labute approximate surface area is 72.6 Å². The van der Waals surface area contributed by atoms with Crippen LogP contribution < -0.4 is 0 Å². The van der Waals surface area contributed by atoms with Crippen molar-refractivity contribution in [2.75, 3.05) is 0 Å². The fourth-order valence-corrected chi connectivity index (χ4v) is 1.88. The van der Waals surface area contributed by atoms with Crippen LogP contribution in [0, 0.1) is 5.41 Å². The first-order valence-corrected chi connectivity index (χ1v) is 4.35. The lowest BCUT2D eigenvalue weighted by molar-refractivity contribution is -0.158. The second-order valence-corrected chi connectivity index (χ2v) is 4.59. The first-order valence-electron chi connectivity index (χ1n) is 4.35. The summed E-state index contributed by atoms with van der Waals surface area (Å²) in [7, 11) is 0. The molecule has 0 amide bonds. The molecule has 2 unspecified atom stereocenters. The molecule has 66 valence electrons. The van der Waals surface area contributed by atoms with E-state index in [0.29, 0.717) is 6.42 Å². The number of ketones is 1. The van der Waals surface area contributed by atoms with Crippen molar-refractivity contribution in [1.82, 2.24) is 0 Å². The Balaban J connectivity index is 2.38. The van der Waals surface area contributed by atoms with Crippen molar-refractivity contribution in [3.8, 4) is 0 Å². The van der Waals surface area contributed by atoms with Gasteiger partial charge in [0.2, 0.25) is 0 Å². The molecule has 0 aromatic rings. The number of hydrogen-bond acceptors (Lipinski definition) is 2. The van der Waals surface area contributed by atoms with Crippen molar-refractivity contribution in [3.05, 3.63) is 12.2 Å². The van der Waals surface area contributed by atoms with E-state index in [0.717, 1.165) is 0 Å². The fraction of sp³-hybridized carbons (Fsp3) is 0.700. The second-order valence-electron chi connectivity index (χ2n) is 4.59. The Morgan fingerprint density at radius 3 is 2.83 bits per heavy atom. The molecule has 2 atom stereocenters. The van der Waals surface area contributed by atoms with Crippen molar-refractivity contribution in [3.63, 3.8) is 0 Å². The average Bonchev–Trinajstić information content (AvgIpc) is 2.28. The summed E-state index contributed by atoms with van der Waals surface area (Å²) in [6.45, 7) is 6.00. The topological polar surface area (TPSA) is 26.3 Å². The highest BCUT2D eigenvalue weighted by Crippen LogP contribution is 2.43. The molecule has 0 aromatic carbocycles. The SMILES string of the molecule is CC12C=CC(O1)C(C)(C)CC2=O. The van der Waals surface area contributed by atoms with Crippen LogP contribution in [-0.2, 0) is 9.53 Å². The summed E-state index contributed by atoms with van der Waals surface area (Å²) in [6.07, 6.45) is 4.67. The van der Waals surface area contributed by atoms with Crippen molar-refractivity contribution in [2.24, 2.45) is 5.41 Å². The van der Waals surface area contributed by atoms with E-state index >= 15 is 0 Å². The number of fused-ring (bicyclic) bond motifs is 2. The Hall–Kier alpha value is -0.630. The van der Waals surface area contributed by atoms with Crippen LogP contribution >= 0.6 is 0 Å². The number of hydrogen-bond donors (Lipinski definition) is 0. The summed E-state index contributed by atoms with van der Waals surface area (Å²) in [5.74, 6) is 0.206. The van der Waals surface area contributed by atoms with Crippen LogP contribution in [0.2, 0.25) is 0 Å². The molecule has 0 N–H and O–H groups in total. The van der Waals surface area contributed by atoms with Gasteiger partial charge >= 0.3 is 0 Å². The zero-order valence-electron chi connectivity index (χ0n) is 7.76. The molecule has 1 saturated heterocycles. The van der Waals surface area contributed by atoms with Crippen LogP contribution in [0.5, 0.6) is 0 Å². The Bertz CT molecular complexity index is 265. The lowest BCUT2D eigenvalue weighted by Crippen LogP contribution is -2.47. The summed E-state index contributed by atoms with van der Waals surface area (Å²) in [6, 6.07) is 0. The van der Waals surface area contributed by atoms with E-state index in [-0.39, 0.29) is 17.3 Å². The van der Waals surface area contributed by atoms with Gasteiger partial charge in [-0.2, -0.15) is 0 Å². The van der Waals surface area contributed by atoms with Crippen molar-refractivity contribution >= 4 is 5.78 Å². The molecule has 0 aliphatic carbocycles. The normalized spacial score (nSPS) is 43.6.